The molecule has 0 unspecified atom stereocenters. The van der Waals surface area contributed by atoms with Gasteiger partial charge in [0.2, 0.25) is 0 Å². The van der Waals surface area contributed by atoms with Crippen molar-refractivity contribution in [3.05, 3.63) is 70.9 Å². The maximum absolute atomic E-state index is 13.6. The van der Waals surface area contributed by atoms with E-state index in [-0.39, 0.29) is 5.69 Å². The smallest absolute Gasteiger partial charge is 0.146 e. The van der Waals surface area contributed by atoms with Gasteiger partial charge in [-0.2, -0.15) is 0 Å². The molecule has 2 aromatic carbocycles. The van der Waals surface area contributed by atoms with E-state index < -0.39 is 11.6 Å². The van der Waals surface area contributed by atoms with Crippen LogP contribution in [0, 0.1) is 11.6 Å². The average molecular weight is 305 g/mol. The fraction of sp³-hybridized carbons (Fsp3) is 0.0625. The predicted molar refractivity (Wildman–Crippen MR) is 80.4 cm³/mol. The van der Waals surface area contributed by atoms with Crippen LogP contribution in [0.5, 0.6) is 0 Å². The molecule has 3 rings (SSSR count). The van der Waals surface area contributed by atoms with Crippen molar-refractivity contribution in [3.8, 4) is 0 Å². The van der Waals surface area contributed by atoms with Crippen LogP contribution in [0.2, 0.25) is 5.02 Å². The molecular formula is C16H11ClF2N2. The third-order valence-corrected chi connectivity index (χ3v) is 3.53. The van der Waals surface area contributed by atoms with Gasteiger partial charge in [-0.15, -0.1) is 0 Å². The van der Waals surface area contributed by atoms with Gasteiger partial charge in [-0.3, -0.25) is 4.98 Å². The number of aromatic nitrogens is 1. The number of nitrogens with zero attached hydrogens (tertiary/aromatic N) is 1. The number of nitrogens with one attached hydrogen (secondary N) is 1. The minimum atomic E-state index is -0.498. The number of fused-ring (bicyclic) bond motifs is 1. The van der Waals surface area contributed by atoms with E-state index in [1.807, 2.05) is 12.1 Å². The summed E-state index contributed by atoms with van der Waals surface area (Å²) in [6.45, 7) is 0.324. The molecule has 0 saturated heterocycles. The number of hydrogen-bond acceptors (Lipinski definition) is 2. The number of halogens is 3. The standard InChI is InChI=1S/C16H11ClF2N2/c17-13-5-3-10(16-12(13)2-1-7-20-16)9-21-15-8-11(18)4-6-14(15)19/h1-8,21H,9H2. The lowest BCUT2D eigenvalue weighted by molar-refractivity contribution is 0.602. The first-order valence-electron chi connectivity index (χ1n) is 6.36. The van der Waals surface area contributed by atoms with Crippen molar-refractivity contribution in [3.63, 3.8) is 0 Å². The lowest BCUT2D eigenvalue weighted by Crippen LogP contribution is -2.03. The molecule has 5 heteroatoms. The van der Waals surface area contributed by atoms with Crippen LogP contribution in [0.4, 0.5) is 14.5 Å². The van der Waals surface area contributed by atoms with E-state index in [4.69, 9.17) is 11.6 Å². The molecule has 0 aliphatic heterocycles. The topological polar surface area (TPSA) is 24.9 Å². The molecule has 2 nitrogen and oxygen atoms in total. The average Bonchev–Trinajstić information content (AvgIpc) is 2.50. The van der Waals surface area contributed by atoms with Gasteiger partial charge < -0.3 is 5.32 Å². The Labute approximate surface area is 125 Å². The number of hydrogen-bond donors (Lipinski definition) is 1. The summed E-state index contributed by atoms with van der Waals surface area (Å²) in [6.07, 6.45) is 1.67. The summed E-state index contributed by atoms with van der Waals surface area (Å²) in [5, 5.41) is 4.33. The zero-order valence-electron chi connectivity index (χ0n) is 10.9. The van der Waals surface area contributed by atoms with Crippen LogP contribution in [0.15, 0.2) is 48.7 Å². The highest BCUT2D eigenvalue weighted by molar-refractivity contribution is 6.35. The molecule has 0 fully saturated rings. The summed E-state index contributed by atoms with van der Waals surface area (Å²) in [5.74, 6) is -0.986. The first-order valence-corrected chi connectivity index (χ1v) is 6.74. The zero-order valence-corrected chi connectivity index (χ0v) is 11.7. The largest absolute Gasteiger partial charge is 0.378 e. The molecule has 0 spiro atoms. The van der Waals surface area contributed by atoms with Crippen molar-refractivity contribution in [2.24, 2.45) is 0 Å². The van der Waals surface area contributed by atoms with Crippen LogP contribution in [0.25, 0.3) is 10.9 Å². The summed E-state index contributed by atoms with van der Waals surface area (Å²) >= 11 is 6.12. The Morgan fingerprint density at radius 1 is 1.10 bits per heavy atom. The van der Waals surface area contributed by atoms with E-state index in [0.717, 1.165) is 34.7 Å². The van der Waals surface area contributed by atoms with Crippen molar-refractivity contribution in [2.75, 3.05) is 5.32 Å². The Balaban J connectivity index is 1.92. The summed E-state index contributed by atoms with van der Waals surface area (Å²) in [7, 11) is 0. The van der Waals surface area contributed by atoms with E-state index in [0.29, 0.717) is 11.6 Å². The minimum absolute atomic E-state index is 0.119. The molecule has 0 bridgehead atoms. The number of rotatable bonds is 3. The van der Waals surface area contributed by atoms with Crippen molar-refractivity contribution >= 4 is 28.2 Å². The summed E-state index contributed by atoms with van der Waals surface area (Å²) in [4.78, 5) is 4.30. The number of anilines is 1. The molecule has 1 N–H and O–H groups in total. The fourth-order valence-corrected chi connectivity index (χ4v) is 2.38. The first-order chi connectivity index (χ1) is 10.1. The van der Waals surface area contributed by atoms with Gasteiger partial charge in [-0.25, -0.2) is 8.78 Å². The molecule has 0 radical (unpaired) electrons. The quantitative estimate of drug-likeness (QED) is 0.753. The summed E-state index contributed by atoms with van der Waals surface area (Å²) < 4.78 is 26.7. The molecule has 0 aliphatic rings. The molecule has 0 atom stereocenters. The van der Waals surface area contributed by atoms with Gasteiger partial charge in [-0.1, -0.05) is 17.7 Å². The Kier molecular flexibility index (Phi) is 3.71. The van der Waals surface area contributed by atoms with Crippen LogP contribution in [0.1, 0.15) is 5.56 Å². The second-order valence-electron chi connectivity index (χ2n) is 4.58. The maximum atomic E-state index is 13.6. The van der Waals surface area contributed by atoms with Crippen molar-refractivity contribution in [2.45, 2.75) is 6.54 Å². The van der Waals surface area contributed by atoms with Gasteiger partial charge in [0.25, 0.3) is 0 Å². The van der Waals surface area contributed by atoms with Crippen molar-refractivity contribution < 1.29 is 8.78 Å². The van der Waals surface area contributed by atoms with Gasteiger partial charge in [0.15, 0.2) is 0 Å². The second-order valence-corrected chi connectivity index (χ2v) is 4.99. The lowest BCUT2D eigenvalue weighted by atomic mass is 10.1. The Bertz CT molecular complexity index is 805. The SMILES string of the molecule is Fc1ccc(F)c(NCc2ccc(Cl)c3cccnc23)c1. The highest BCUT2D eigenvalue weighted by atomic mass is 35.5. The molecule has 3 aromatic rings. The van der Waals surface area contributed by atoms with Gasteiger partial charge in [0, 0.05) is 23.2 Å². The predicted octanol–water partition coefficient (Wildman–Crippen LogP) is 4.78. The van der Waals surface area contributed by atoms with Crippen LogP contribution >= 0.6 is 11.6 Å². The third kappa shape index (κ3) is 2.81. The van der Waals surface area contributed by atoms with Crippen LogP contribution < -0.4 is 5.32 Å². The molecule has 1 heterocycles. The van der Waals surface area contributed by atoms with E-state index >= 15 is 0 Å². The normalized spacial score (nSPS) is 10.8. The first kappa shape index (κ1) is 13.8. The molecule has 21 heavy (non-hydrogen) atoms. The van der Waals surface area contributed by atoms with Gasteiger partial charge in [0.05, 0.1) is 11.2 Å². The Morgan fingerprint density at radius 2 is 1.95 bits per heavy atom. The Morgan fingerprint density at radius 3 is 2.81 bits per heavy atom. The van der Waals surface area contributed by atoms with Crippen LogP contribution in [-0.2, 0) is 6.54 Å². The van der Waals surface area contributed by atoms with Gasteiger partial charge in [0.1, 0.15) is 11.6 Å². The molecule has 0 saturated carbocycles. The summed E-state index contributed by atoms with van der Waals surface area (Å²) in [5.41, 5.74) is 1.72. The van der Waals surface area contributed by atoms with Crippen LogP contribution in [0.3, 0.4) is 0 Å². The van der Waals surface area contributed by atoms with E-state index in [1.54, 1.807) is 18.3 Å². The highest BCUT2D eigenvalue weighted by Gasteiger charge is 2.07. The molecule has 0 aliphatic carbocycles. The van der Waals surface area contributed by atoms with Gasteiger partial charge >= 0.3 is 0 Å². The van der Waals surface area contributed by atoms with Crippen molar-refractivity contribution in [1.29, 1.82) is 0 Å². The second kappa shape index (κ2) is 5.66. The third-order valence-electron chi connectivity index (χ3n) is 3.20. The molecular weight excluding hydrogens is 294 g/mol. The monoisotopic (exact) mass is 304 g/mol. The Hall–Kier alpha value is -2.20. The molecule has 1 aromatic heterocycles. The van der Waals surface area contributed by atoms with Crippen LogP contribution in [-0.4, -0.2) is 4.98 Å². The zero-order chi connectivity index (χ0) is 14.8. The molecule has 0 amide bonds. The number of pyridine rings is 1. The highest BCUT2D eigenvalue weighted by Crippen LogP contribution is 2.25. The van der Waals surface area contributed by atoms with Gasteiger partial charge in [-0.05, 0) is 42.0 Å². The minimum Gasteiger partial charge on any atom is -0.378 e. The molecule has 106 valence electrons. The fourth-order valence-electron chi connectivity index (χ4n) is 2.16. The summed E-state index contributed by atoms with van der Waals surface area (Å²) in [6, 6.07) is 10.6. The van der Waals surface area contributed by atoms with E-state index in [9.17, 15) is 8.78 Å². The lowest BCUT2D eigenvalue weighted by Gasteiger charge is -2.10. The van der Waals surface area contributed by atoms with E-state index in [2.05, 4.69) is 10.3 Å². The number of benzene rings is 2. The van der Waals surface area contributed by atoms with E-state index in [1.165, 1.54) is 0 Å². The van der Waals surface area contributed by atoms with Crippen molar-refractivity contribution in [1.82, 2.24) is 4.98 Å². The maximum Gasteiger partial charge on any atom is 0.146 e.